The summed E-state index contributed by atoms with van der Waals surface area (Å²) in [4.78, 5) is 30.1. The fourth-order valence-electron chi connectivity index (χ4n) is 4.53. The highest BCUT2D eigenvalue weighted by atomic mass is 32.1. The standard InChI is InChI=1S/C28H32N2O3S/c1-20-12-14-22(15-13-20)27(28(32)29-23-8-3-4-9-23)30(26(31)18-25-11-6-16-34-25)19-21-7-5-10-24(17-21)33-2/h5-7,10-17,23,27H,3-4,8-9,18-19H2,1-2H3,(H,29,32)/t27-/m1/s1. The Morgan fingerprint density at radius 2 is 1.85 bits per heavy atom. The lowest BCUT2D eigenvalue weighted by Gasteiger charge is -2.32. The van der Waals surface area contributed by atoms with Crippen molar-refractivity contribution in [1.82, 2.24) is 10.2 Å². The normalized spacial score (nSPS) is 14.5. The highest BCUT2D eigenvalue weighted by Gasteiger charge is 2.33. The van der Waals surface area contributed by atoms with Gasteiger partial charge in [0.1, 0.15) is 11.8 Å². The van der Waals surface area contributed by atoms with Crippen LogP contribution in [0.2, 0.25) is 0 Å². The Hall–Kier alpha value is -3.12. The molecule has 34 heavy (non-hydrogen) atoms. The van der Waals surface area contributed by atoms with Crippen molar-refractivity contribution in [3.8, 4) is 5.75 Å². The van der Waals surface area contributed by atoms with Crippen LogP contribution in [0.5, 0.6) is 5.75 Å². The van der Waals surface area contributed by atoms with Crippen molar-refractivity contribution in [2.45, 2.75) is 57.7 Å². The van der Waals surface area contributed by atoms with E-state index in [1.807, 2.05) is 73.0 Å². The molecule has 2 aromatic carbocycles. The van der Waals surface area contributed by atoms with Gasteiger partial charge in [-0.05, 0) is 54.5 Å². The first-order chi connectivity index (χ1) is 16.5. The van der Waals surface area contributed by atoms with Crippen molar-refractivity contribution < 1.29 is 14.3 Å². The molecule has 0 spiro atoms. The molecule has 0 radical (unpaired) electrons. The first-order valence-electron chi connectivity index (χ1n) is 11.8. The monoisotopic (exact) mass is 476 g/mol. The van der Waals surface area contributed by atoms with Gasteiger partial charge in [0.25, 0.3) is 0 Å². The van der Waals surface area contributed by atoms with Crippen LogP contribution in [0.3, 0.4) is 0 Å². The fraction of sp³-hybridized carbons (Fsp3) is 0.357. The van der Waals surface area contributed by atoms with Gasteiger partial charge in [-0.15, -0.1) is 11.3 Å². The summed E-state index contributed by atoms with van der Waals surface area (Å²) in [5.74, 6) is 0.543. The molecule has 2 amide bonds. The number of carbonyl (C=O) groups is 2. The summed E-state index contributed by atoms with van der Waals surface area (Å²) in [6.07, 6.45) is 4.51. The molecule has 1 N–H and O–H groups in total. The van der Waals surface area contributed by atoms with Crippen LogP contribution in [0.4, 0.5) is 0 Å². The number of benzene rings is 2. The van der Waals surface area contributed by atoms with Crippen LogP contribution in [0.1, 0.15) is 53.3 Å². The molecule has 0 saturated heterocycles. The molecule has 1 aliphatic rings. The lowest BCUT2D eigenvalue weighted by atomic mass is 10.0. The van der Waals surface area contributed by atoms with Crippen LogP contribution < -0.4 is 10.1 Å². The number of methoxy groups -OCH3 is 1. The number of carbonyl (C=O) groups excluding carboxylic acids is 2. The molecule has 1 aromatic heterocycles. The lowest BCUT2D eigenvalue weighted by Crippen LogP contribution is -2.46. The Kier molecular flexibility index (Phi) is 8.01. The van der Waals surface area contributed by atoms with Crippen molar-refractivity contribution in [3.05, 3.63) is 87.6 Å². The van der Waals surface area contributed by atoms with Gasteiger partial charge >= 0.3 is 0 Å². The quantitative estimate of drug-likeness (QED) is 0.448. The SMILES string of the molecule is COc1cccc(CN(C(=O)Cc2cccs2)[C@@H](C(=O)NC2CCCC2)c2ccc(C)cc2)c1. The number of aryl methyl sites for hydroxylation is 1. The Morgan fingerprint density at radius 3 is 2.53 bits per heavy atom. The largest absolute Gasteiger partial charge is 0.497 e. The Labute approximate surface area is 205 Å². The van der Waals surface area contributed by atoms with Gasteiger partial charge in [0, 0.05) is 17.5 Å². The number of ether oxygens (including phenoxy) is 1. The summed E-state index contributed by atoms with van der Waals surface area (Å²) in [6.45, 7) is 2.34. The number of rotatable bonds is 9. The second-order valence-corrected chi connectivity index (χ2v) is 9.96. The van der Waals surface area contributed by atoms with Gasteiger partial charge in [-0.1, -0.05) is 60.9 Å². The molecule has 0 bridgehead atoms. The molecule has 0 unspecified atom stereocenters. The van der Waals surface area contributed by atoms with Crippen LogP contribution in [0.25, 0.3) is 0 Å². The number of thiophene rings is 1. The smallest absolute Gasteiger partial charge is 0.247 e. The Bertz CT molecular complexity index is 1090. The molecule has 178 valence electrons. The maximum atomic E-state index is 13.7. The zero-order chi connectivity index (χ0) is 23.9. The molecule has 1 aliphatic carbocycles. The van der Waals surface area contributed by atoms with Crippen molar-refractivity contribution in [3.63, 3.8) is 0 Å². The minimum atomic E-state index is -0.708. The highest BCUT2D eigenvalue weighted by molar-refractivity contribution is 7.10. The van der Waals surface area contributed by atoms with E-state index in [9.17, 15) is 9.59 Å². The molecular weight excluding hydrogens is 444 g/mol. The van der Waals surface area contributed by atoms with E-state index in [0.29, 0.717) is 6.54 Å². The van der Waals surface area contributed by atoms with Crippen molar-refractivity contribution >= 4 is 23.2 Å². The van der Waals surface area contributed by atoms with Gasteiger partial charge in [0.05, 0.1) is 13.5 Å². The second-order valence-electron chi connectivity index (χ2n) is 8.93. The van der Waals surface area contributed by atoms with E-state index in [1.54, 1.807) is 23.3 Å². The van der Waals surface area contributed by atoms with Gasteiger partial charge in [-0.25, -0.2) is 0 Å². The Balaban J connectivity index is 1.70. The molecule has 6 heteroatoms. The van der Waals surface area contributed by atoms with Gasteiger partial charge in [0.2, 0.25) is 11.8 Å². The van der Waals surface area contributed by atoms with Crippen LogP contribution in [-0.2, 0) is 22.6 Å². The van der Waals surface area contributed by atoms with E-state index in [4.69, 9.17) is 4.74 Å². The van der Waals surface area contributed by atoms with Crippen molar-refractivity contribution in [1.29, 1.82) is 0 Å². The van der Waals surface area contributed by atoms with E-state index in [1.165, 1.54) is 0 Å². The van der Waals surface area contributed by atoms with Gasteiger partial charge < -0.3 is 15.0 Å². The van der Waals surface area contributed by atoms with Crippen LogP contribution >= 0.6 is 11.3 Å². The molecule has 0 aliphatic heterocycles. The number of hydrogen-bond donors (Lipinski definition) is 1. The van der Waals surface area contributed by atoms with E-state index < -0.39 is 6.04 Å². The highest BCUT2D eigenvalue weighted by Crippen LogP contribution is 2.28. The first kappa shape index (κ1) is 24.0. The van der Waals surface area contributed by atoms with Gasteiger partial charge in [-0.2, -0.15) is 0 Å². The van der Waals surface area contributed by atoms with Gasteiger partial charge in [0.15, 0.2) is 0 Å². The molecule has 1 atom stereocenters. The van der Waals surface area contributed by atoms with E-state index in [-0.39, 0.29) is 24.3 Å². The van der Waals surface area contributed by atoms with Gasteiger partial charge in [-0.3, -0.25) is 9.59 Å². The molecule has 3 aromatic rings. The summed E-state index contributed by atoms with van der Waals surface area (Å²) >= 11 is 1.56. The molecule has 5 nitrogen and oxygen atoms in total. The second kappa shape index (κ2) is 11.3. The predicted octanol–water partition coefficient (Wildman–Crippen LogP) is 5.44. The molecule has 1 saturated carbocycles. The minimum absolute atomic E-state index is 0.0718. The summed E-state index contributed by atoms with van der Waals surface area (Å²) in [5, 5.41) is 5.21. The Morgan fingerprint density at radius 1 is 1.09 bits per heavy atom. The van der Waals surface area contributed by atoms with Crippen molar-refractivity contribution in [2.75, 3.05) is 7.11 Å². The molecule has 1 heterocycles. The minimum Gasteiger partial charge on any atom is -0.497 e. The fourth-order valence-corrected chi connectivity index (χ4v) is 5.22. The molecular formula is C28H32N2O3S. The third-order valence-corrected chi connectivity index (χ3v) is 7.24. The third kappa shape index (κ3) is 6.06. The zero-order valence-electron chi connectivity index (χ0n) is 19.8. The molecule has 4 rings (SSSR count). The number of amides is 2. The number of nitrogens with zero attached hydrogens (tertiary/aromatic N) is 1. The summed E-state index contributed by atoms with van der Waals surface area (Å²) in [5.41, 5.74) is 2.86. The molecule has 1 fully saturated rings. The summed E-state index contributed by atoms with van der Waals surface area (Å²) in [6, 6.07) is 19.0. The number of hydrogen-bond acceptors (Lipinski definition) is 4. The summed E-state index contributed by atoms with van der Waals surface area (Å²) < 4.78 is 5.40. The average Bonchev–Trinajstić information content (AvgIpc) is 3.54. The van der Waals surface area contributed by atoms with E-state index >= 15 is 0 Å². The summed E-state index contributed by atoms with van der Waals surface area (Å²) in [7, 11) is 1.63. The number of nitrogens with one attached hydrogen (secondary N) is 1. The average molecular weight is 477 g/mol. The maximum absolute atomic E-state index is 13.7. The van der Waals surface area contributed by atoms with E-state index in [0.717, 1.165) is 53.0 Å². The predicted molar refractivity (Wildman–Crippen MR) is 136 cm³/mol. The topological polar surface area (TPSA) is 58.6 Å². The van der Waals surface area contributed by atoms with Crippen LogP contribution in [-0.4, -0.2) is 29.9 Å². The van der Waals surface area contributed by atoms with Crippen LogP contribution in [0, 0.1) is 6.92 Å². The lowest BCUT2D eigenvalue weighted by molar-refractivity contribution is -0.141. The zero-order valence-corrected chi connectivity index (χ0v) is 20.6. The third-order valence-electron chi connectivity index (χ3n) is 6.37. The van der Waals surface area contributed by atoms with Crippen molar-refractivity contribution in [2.24, 2.45) is 0 Å². The maximum Gasteiger partial charge on any atom is 0.247 e. The van der Waals surface area contributed by atoms with Crippen LogP contribution in [0.15, 0.2) is 66.0 Å². The van der Waals surface area contributed by atoms with E-state index in [2.05, 4.69) is 5.32 Å². The first-order valence-corrected chi connectivity index (χ1v) is 12.7.